The van der Waals surface area contributed by atoms with E-state index in [2.05, 4.69) is 24.1 Å². The van der Waals surface area contributed by atoms with Gasteiger partial charge in [0.1, 0.15) is 11.5 Å². The summed E-state index contributed by atoms with van der Waals surface area (Å²) in [5.74, 6) is 1.51. The minimum Gasteiger partial charge on any atom is -0.493 e. The van der Waals surface area contributed by atoms with Crippen LogP contribution >= 0.6 is 0 Å². The summed E-state index contributed by atoms with van der Waals surface area (Å²) in [6.45, 7) is 9.54. The van der Waals surface area contributed by atoms with Gasteiger partial charge in [-0.25, -0.2) is 0 Å². The van der Waals surface area contributed by atoms with Crippen molar-refractivity contribution in [2.75, 3.05) is 45.9 Å². The van der Waals surface area contributed by atoms with Gasteiger partial charge in [0.05, 0.1) is 25.3 Å². The van der Waals surface area contributed by atoms with Crippen molar-refractivity contribution in [2.24, 2.45) is 0 Å². The average molecular weight is 320 g/mol. The monoisotopic (exact) mass is 320 g/mol. The maximum atomic E-state index is 12.6. The molecule has 0 radical (unpaired) electrons. The number of carbonyl (C=O) groups is 1. The van der Waals surface area contributed by atoms with Crippen molar-refractivity contribution in [1.82, 2.24) is 10.2 Å². The predicted octanol–water partition coefficient (Wildman–Crippen LogP) is 2.35. The first kappa shape index (κ1) is 17.8. The van der Waals surface area contributed by atoms with E-state index in [1.54, 1.807) is 0 Å². The normalized spacial score (nSPS) is 15.4. The highest BCUT2D eigenvalue weighted by atomic mass is 16.5. The second kappa shape index (κ2) is 9.53. The molecule has 0 amide bonds. The first-order valence-corrected chi connectivity index (χ1v) is 8.60. The molecule has 5 nitrogen and oxygen atoms in total. The molecule has 128 valence electrons. The minimum absolute atomic E-state index is 0.111. The van der Waals surface area contributed by atoms with Gasteiger partial charge in [0.25, 0.3) is 0 Å². The largest absolute Gasteiger partial charge is 0.493 e. The van der Waals surface area contributed by atoms with E-state index >= 15 is 0 Å². The molecular weight excluding hydrogens is 292 g/mol. The van der Waals surface area contributed by atoms with E-state index < -0.39 is 0 Å². The van der Waals surface area contributed by atoms with Crippen molar-refractivity contribution in [1.29, 1.82) is 0 Å². The summed E-state index contributed by atoms with van der Waals surface area (Å²) in [6, 6.07) is 5.54. The van der Waals surface area contributed by atoms with Crippen molar-refractivity contribution in [2.45, 2.75) is 26.7 Å². The molecule has 1 aromatic rings. The van der Waals surface area contributed by atoms with E-state index in [4.69, 9.17) is 9.47 Å². The van der Waals surface area contributed by atoms with Crippen LogP contribution in [0.3, 0.4) is 0 Å². The van der Waals surface area contributed by atoms with Gasteiger partial charge < -0.3 is 14.8 Å². The molecule has 5 heteroatoms. The first-order chi connectivity index (χ1) is 11.2. The highest BCUT2D eigenvalue weighted by Gasteiger charge is 2.18. The molecule has 23 heavy (non-hydrogen) atoms. The molecule has 0 unspecified atom stereocenters. The SMILES string of the molecule is CCCOc1ccc(C(=O)CN2CCNCC2)c(OCCC)c1. The van der Waals surface area contributed by atoms with Crippen LogP contribution in [0.4, 0.5) is 0 Å². The second-order valence-corrected chi connectivity index (χ2v) is 5.80. The Kier molecular flexibility index (Phi) is 7.36. The Balaban J connectivity index is 2.08. The Labute approximate surface area is 139 Å². The number of hydrogen-bond acceptors (Lipinski definition) is 5. The quantitative estimate of drug-likeness (QED) is 0.708. The summed E-state index contributed by atoms with van der Waals surface area (Å²) >= 11 is 0. The lowest BCUT2D eigenvalue weighted by atomic mass is 10.1. The third-order valence-electron chi connectivity index (χ3n) is 3.76. The zero-order valence-electron chi connectivity index (χ0n) is 14.3. The Morgan fingerprint density at radius 2 is 1.83 bits per heavy atom. The van der Waals surface area contributed by atoms with Gasteiger partial charge in [-0.3, -0.25) is 9.69 Å². The van der Waals surface area contributed by atoms with Crippen LogP contribution in [0, 0.1) is 0 Å². The Hall–Kier alpha value is -1.59. The molecule has 0 saturated carbocycles. The maximum absolute atomic E-state index is 12.6. The Morgan fingerprint density at radius 3 is 2.52 bits per heavy atom. The molecule has 1 aliphatic rings. The lowest BCUT2D eigenvalue weighted by Gasteiger charge is -2.26. The predicted molar refractivity (Wildman–Crippen MR) is 91.7 cm³/mol. The van der Waals surface area contributed by atoms with Gasteiger partial charge in [0, 0.05) is 32.2 Å². The van der Waals surface area contributed by atoms with Crippen LogP contribution in [-0.2, 0) is 0 Å². The van der Waals surface area contributed by atoms with Crippen LogP contribution in [-0.4, -0.2) is 56.6 Å². The molecule has 1 heterocycles. The lowest BCUT2D eigenvalue weighted by molar-refractivity contribution is 0.0917. The van der Waals surface area contributed by atoms with Gasteiger partial charge in [-0.05, 0) is 25.0 Å². The highest BCUT2D eigenvalue weighted by Crippen LogP contribution is 2.26. The fourth-order valence-corrected chi connectivity index (χ4v) is 2.53. The van der Waals surface area contributed by atoms with E-state index in [1.807, 2.05) is 18.2 Å². The smallest absolute Gasteiger partial charge is 0.180 e. The van der Waals surface area contributed by atoms with E-state index in [0.29, 0.717) is 31.1 Å². The first-order valence-electron chi connectivity index (χ1n) is 8.60. The number of hydrogen-bond donors (Lipinski definition) is 1. The van der Waals surface area contributed by atoms with Crippen LogP contribution < -0.4 is 14.8 Å². The summed E-state index contributed by atoms with van der Waals surface area (Å²) in [5.41, 5.74) is 0.654. The number of Topliss-reactive ketones (excluding diaryl/α,β-unsaturated/α-hetero) is 1. The van der Waals surface area contributed by atoms with Crippen LogP contribution in [0.5, 0.6) is 11.5 Å². The van der Waals surface area contributed by atoms with E-state index in [0.717, 1.165) is 44.8 Å². The van der Waals surface area contributed by atoms with Crippen molar-refractivity contribution in [3.63, 3.8) is 0 Å². The third kappa shape index (κ3) is 5.52. The summed E-state index contributed by atoms with van der Waals surface area (Å²) in [5, 5.41) is 3.30. The summed E-state index contributed by atoms with van der Waals surface area (Å²) in [4.78, 5) is 14.8. The fraction of sp³-hybridized carbons (Fsp3) is 0.611. The number of nitrogens with one attached hydrogen (secondary N) is 1. The molecule has 1 fully saturated rings. The standard InChI is InChI=1S/C18H28N2O3/c1-3-11-22-15-5-6-16(18(13-15)23-12-4-2)17(21)14-20-9-7-19-8-10-20/h5-6,13,19H,3-4,7-12,14H2,1-2H3. The van der Waals surface area contributed by atoms with Crippen molar-refractivity contribution in [3.8, 4) is 11.5 Å². The zero-order valence-corrected chi connectivity index (χ0v) is 14.3. The molecular formula is C18H28N2O3. The van der Waals surface area contributed by atoms with E-state index in [9.17, 15) is 4.79 Å². The Morgan fingerprint density at radius 1 is 1.13 bits per heavy atom. The van der Waals surface area contributed by atoms with Gasteiger partial charge in [-0.1, -0.05) is 13.8 Å². The molecule has 0 aliphatic carbocycles. The van der Waals surface area contributed by atoms with Crippen molar-refractivity contribution in [3.05, 3.63) is 23.8 Å². The number of piperazine rings is 1. The van der Waals surface area contributed by atoms with Gasteiger partial charge >= 0.3 is 0 Å². The number of benzene rings is 1. The van der Waals surface area contributed by atoms with Crippen LogP contribution in [0.1, 0.15) is 37.0 Å². The molecule has 2 rings (SSSR count). The van der Waals surface area contributed by atoms with Crippen LogP contribution in [0.25, 0.3) is 0 Å². The highest BCUT2D eigenvalue weighted by molar-refractivity contribution is 6.00. The Bertz CT molecular complexity index is 499. The van der Waals surface area contributed by atoms with Gasteiger partial charge in [0.15, 0.2) is 5.78 Å². The molecule has 1 N–H and O–H groups in total. The molecule has 0 atom stereocenters. The number of rotatable bonds is 9. The number of nitrogens with zero attached hydrogens (tertiary/aromatic N) is 1. The number of ether oxygens (including phenoxy) is 2. The third-order valence-corrected chi connectivity index (χ3v) is 3.76. The fourth-order valence-electron chi connectivity index (χ4n) is 2.53. The second-order valence-electron chi connectivity index (χ2n) is 5.80. The lowest BCUT2D eigenvalue weighted by Crippen LogP contribution is -2.45. The minimum atomic E-state index is 0.111. The van der Waals surface area contributed by atoms with Gasteiger partial charge in [-0.2, -0.15) is 0 Å². The molecule has 0 spiro atoms. The van der Waals surface area contributed by atoms with Crippen molar-refractivity contribution >= 4 is 5.78 Å². The van der Waals surface area contributed by atoms with E-state index in [1.165, 1.54) is 0 Å². The number of ketones is 1. The molecule has 1 saturated heterocycles. The van der Waals surface area contributed by atoms with Gasteiger partial charge in [-0.15, -0.1) is 0 Å². The average Bonchev–Trinajstić information content (AvgIpc) is 2.59. The van der Waals surface area contributed by atoms with Crippen LogP contribution in [0.15, 0.2) is 18.2 Å². The van der Waals surface area contributed by atoms with E-state index in [-0.39, 0.29) is 5.78 Å². The molecule has 0 bridgehead atoms. The van der Waals surface area contributed by atoms with Gasteiger partial charge in [0.2, 0.25) is 0 Å². The molecule has 1 aliphatic heterocycles. The topological polar surface area (TPSA) is 50.8 Å². The molecule has 1 aromatic carbocycles. The summed E-state index contributed by atoms with van der Waals surface area (Å²) < 4.78 is 11.4. The molecule has 0 aromatic heterocycles. The van der Waals surface area contributed by atoms with Crippen molar-refractivity contribution < 1.29 is 14.3 Å². The number of carbonyl (C=O) groups excluding carboxylic acids is 1. The van der Waals surface area contributed by atoms with Crippen LogP contribution in [0.2, 0.25) is 0 Å². The summed E-state index contributed by atoms with van der Waals surface area (Å²) in [7, 11) is 0. The summed E-state index contributed by atoms with van der Waals surface area (Å²) in [6.07, 6.45) is 1.86. The maximum Gasteiger partial charge on any atom is 0.180 e. The zero-order chi connectivity index (χ0) is 16.5.